The topological polar surface area (TPSA) is 53.5 Å². The van der Waals surface area contributed by atoms with Crippen LogP contribution in [0.15, 0.2) is 35.4 Å². The molecule has 9 atom stereocenters. The van der Waals surface area contributed by atoms with Gasteiger partial charge in [0.15, 0.2) is 0 Å². The van der Waals surface area contributed by atoms with Crippen molar-refractivity contribution in [1.82, 2.24) is 5.43 Å². The van der Waals surface area contributed by atoms with Gasteiger partial charge in [0.1, 0.15) is 0 Å². The van der Waals surface area contributed by atoms with Crippen molar-refractivity contribution in [2.75, 3.05) is 5.32 Å². The molecule has 1 aromatic carbocycles. The van der Waals surface area contributed by atoms with Gasteiger partial charge >= 0.3 is 6.03 Å². The van der Waals surface area contributed by atoms with Gasteiger partial charge in [0.25, 0.3) is 0 Å². The standard InChI is InChI=1S/C18H18BrN3O/c19-16-12-8-6-9-10(12)15-14(16)11(8)13(9)17(15)21-22-18(23)20-7-4-2-1-3-5-7/h1-5,8-16H,6H2,(H2,20,22,23)/b21-17+. The zero-order valence-electron chi connectivity index (χ0n) is 12.5. The Morgan fingerprint density at radius 1 is 1.04 bits per heavy atom. The Labute approximate surface area is 143 Å². The average Bonchev–Trinajstić information content (AvgIpc) is 3.28. The van der Waals surface area contributed by atoms with Crippen LogP contribution in [-0.2, 0) is 0 Å². The van der Waals surface area contributed by atoms with E-state index in [1.807, 2.05) is 30.3 Å². The molecule has 23 heavy (non-hydrogen) atoms. The fourth-order valence-electron chi connectivity index (χ4n) is 7.17. The van der Waals surface area contributed by atoms with Gasteiger partial charge in [-0.15, -0.1) is 0 Å². The number of alkyl halides is 1. The monoisotopic (exact) mass is 371 g/mol. The Hall–Kier alpha value is -1.36. The van der Waals surface area contributed by atoms with E-state index in [0.29, 0.717) is 16.7 Å². The molecule has 0 aliphatic heterocycles. The number of nitrogens with one attached hydrogen (secondary N) is 2. The highest BCUT2D eigenvalue weighted by molar-refractivity contribution is 9.09. The van der Waals surface area contributed by atoms with E-state index in [0.717, 1.165) is 41.2 Å². The lowest BCUT2D eigenvalue weighted by atomic mass is 9.71. The number of urea groups is 1. The zero-order chi connectivity index (χ0) is 15.3. The van der Waals surface area contributed by atoms with Crippen LogP contribution in [0.2, 0.25) is 0 Å². The fraction of sp³-hybridized carbons (Fsp3) is 0.556. The third-order valence-corrected chi connectivity index (χ3v) is 8.58. The normalized spacial score (nSPS) is 51.3. The van der Waals surface area contributed by atoms with Crippen molar-refractivity contribution >= 4 is 33.4 Å². The van der Waals surface area contributed by atoms with Crippen molar-refractivity contribution in [1.29, 1.82) is 0 Å². The van der Waals surface area contributed by atoms with Crippen molar-refractivity contribution in [2.45, 2.75) is 11.2 Å². The van der Waals surface area contributed by atoms with E-state index >= 15 is 0 Å². The number of rotatable bonds is 2. The molecule has 2 N–H and O–H groups in total. The molecule has 0 spiro atoms. The van der Waals surface area contributed by atoms with E-state index < -0.39 is 0 Å². The fourth-order valence-corrected chi connectivity index (χ4v) is 8.60. The number of para-hydroxylation sites is 1. The van der Waals surface area contributed by atoms with Crippen molar-refractivity contribution in [3.05, 3.63) is 30.3 Å². The summed E-state index contributed by atoms with van der Waals surface area (Å²) >= 11 is 3.98. The summed E-state index contributed by atoms with van der Waals surface area (Å²) in [5, 5.41) is 7.45. The van der Waals surface area contributed by atoms with E-state index in [-0.39, 0.29) is 6.03 Å². The molecule has 6 fully saturated rings. The Balaban J connectivity index is 1.24. The SMILES string of the molecule is O=C(N/N=C1/C2C3C(Br)C4C5CC(C1C53)C24)Nc1ccccc1. The molecule has 0 aromatic heterocycles. The van der Waals surface area contributed by atoms with Crippen LogP contribution in [-0.4, -0.2) is 16.6 Å². The van der Waals surface area contributed by atoms with Crippen LogP contribution in [0.25, 0.3) is 0 Å². The van der Waals surface area contributed by atoms with E-state index in [1.54, 1.807) is 0 Å². The molecule has 5 heteroatoms. The quantitative estimate of drug-likeness (QED) is 0.607. The summed E-state index contributed by atoms with van der Waals surface area (Å²) in [5.41, 5.74) is 4.86. The van der Waals surface area contributed by atoms with Crippen molar-refractivity contribution in [3.63, 3.8) is 0 Å². The summed E-state index contributed by atoms with van der Waals surface area (Å²) in [7, 11) is 0. The van der Waals surface area contributed by atoms with Crippen molar-refractivity contribution in [2.24, 2.45) is 52.4 Å². The molecule has 6 aliphatic rings. The Kier molecular flexibility index (Phi) is 2.36. The van der Waals surface area contributed by atoms with Crippen molar-refractivity contribution < 1.29 is 4.79 Å². The van der Waals surface area contributed by atoms with Gasteiger partial charge in [-0.3, -0.25) is 0 Å². The molecule has 0 heterocycles. The first-order valence-electron chi connectivity index (χ1n) is 8.59. The Morgan fingerprint density at radius 2 is 1.83 bits per heavy atom. The van der Waals surface area contributed by atoms with E-state index in [9.17, 15) is 4.79 Å². The summed E-state index contributed by atoms with van der Waals surface area (Å²) in [6, 6.07) is 9.28. The van der Waals surface area contributed by atoms with Gasteiger partial charge in [0.05, 0.1) is 0 Å². The second-order valence-corrected chi connectivity index (χ2v) is 8.89. The molecule has 1 aromatic rings. The highest BCUT2D eigenvalue weighted by atomic mass is 79.9. The van der Waals surface area contributed by atoms with Crippen LogP contribution < -0.4 is 10.7 Å². The van der Waals surface area contributed by atoms with Gasteiger partial charge in [-0.25, -0.2) is 10.2 Å². The summed E-state index contributed by atoms with van der Waals surface area (Å²) in [6.45, 7) is 0. The second kappa shape index (κ2) is 4.18. The second-order valence-electron chi connectivity index (χ2n) is 7.84. The van der Waals surface area contributed by atoms with Crippen molar-refractivity contribution in [3.8, 4) is 0 Å². The number of hydrogen-bond donors (Lipinski definition) is 2. The molecule has 6 saturated carbocycles. The lowest BCUT2D eigenvalue weighted by Gasteiger charge is -2.32. The van der Waals surface area contributed by atoms with Crippen LogP contribution in [0.5, 0.6) is 0 Å². The molecule has 0 radical (unpaired) electrons. The summed E-state index contributed by atoms with van der Waals surface area (Å²) in [4.78, 5) is 12.8. The van der Waals surface area contributed by atoms with Gasteiger partial charge < -0.3 is 5.32 Å². The van der Waals surface area contributed by atoms with Gasteiger partial charge in [-0.1, -0.05) is 34.1 Å². The van der Waals surface area contributed by atoms with Crippen LogP contribution in [0, 0.1) is 47.3 Å². The number of benzene rings is 1. The number of anilines is 1. The first kappa shape index (κ1) is 13.0. The molecule has 2 amide bonds. The smallest absolute Gasteiger partial charge is 0.307 e. The number of nitrogens with zero attached hydrogens (tertiary/aromatic N) is 1. The van der Waals surface area contributed by atoms with E-state index in [1.165, 1.54) is 12.1 Å². The molecule has 6 bridgehead atoms. The lowest BCUT2D eigenvalue weighted by molar-refractivity contribution is 0.132. The lowest BCUT2D eigenvalue weighted by Crippen LogP contribution is -2.30. The average molecular weight is 372 g/mol. The van der Waals surface area contributed by atoms with Gasteiger partial charge in [0, 0.05) is 28.1 Å². The van der Waals surface area contributed by atoms with Crippen LogP contribution >= 0.6 is 15.9 Å². The van der Waals surface area contributed by atoms with E-state index in [4.69, 9.17) is 0 Å². The minimum Gasteiger partial charge on any atom is -0.307 e. The molecule has 9 unspecified atom stereocenters. The predicted molar refractivity (Wildman–Crippen MR) is 91.3 cm³/mol. The number of hydrogen-bond acceptors (Lipinski definition) is 2. The first-order chi connectivity index (χ1) is 11.3. The Bertz CT molecular complexity index is 733. The molecule has 6 aliphatic carbocycles. The number of carbonyl (C=O) groups excluding carboxylic acids is 1. The van der Waals surface area contributed by atoms with Crippen LogP contribution in [0.4, 0.5) is 10.5 Å². The minimum atomic E-state index is -0.238. The molecular weight excluding hydrogens is 354 g/mol. The maximum absolute atomic E-state index is 12.1. The highest BCUT2D eigenvalue weighted by Gasteiger charge is 2.82. The largest absolute Gasteiger partial charge is 0.339 e. The number of hydrazone groups is 1. The minimum absolute atomic E-state index is 0.238. The molecule has 7 rings (SSSR count). The summed E-state index contributed by atoms with van der Waals surface area (Å²) in [6.07, 6.45) is 1.41. The maximum atomic E-state index is 12.1. The summed E-state index contributed by atoms with van der Waals surface area (Å²) < 4.78 is 0. The molecule has 4 nitrogen and oxygen atoms in total. The van der Waals surface area contributed by atoms with Gasteiger partial charge in [-0.05, 0) is 54.1 Å². The Morgan fingerprint density at radius 3 is 2.61 bits per heavy atom. The number of halogens is 1. The van der Waals surface area contributed by atoms with E-state index in [2.05, 4.69) is 31.8 Å². The third kappa shape index (κ3) is 1.40. The number of carbonyl (C=O) groups is 1. The zero-order valence-corrected chi connectivity index (χ0v) is 14.1. The predicted octanol–water partition coefficient (Wildman–Crippen LogP) is 3.32. The molecule has 118 valence electrons. The molecular formula is C18H18BrN3O. The number of amides is 2. The van der Waals surface area contributed by atoms with Gasteiger partial charge in [-0.2, -0.15) is 5.10 Å². The first-order valence-corrected chi connectivity index (χ1v) is 9.51. The highest BCUT2D eigenvalue weighted by Crippen LogP contribution is 2.82. The maximum Gasteiger partial charge on any atom is 0.339 e. The third-order valence-electron chi connectivity index (χ3n) is 7.36. The van der Waals surface area contributed by atoms with Crippen LogP contribution in [0.1, 0.15) is 6.42 Å². The molecule has 0 saturated heterocycles. The van der Waals surface area contributed by atoms with Crippen LogP contribution in [0.3, 0.4) is 0 Å². The van der Waals surface area contributed by atoms with Gasteiger partial charge in [0.2, 0.25) is 0 Å². The summed E-state index contributed by atoms with van der Waals surface area (Å²) in [5.74, 6) is 6.47.